The molecule has 1 aliphatic rings. The van der Waals surface area contributed by atoms with Crippen LogP contribution in [0.25, 0.3) is 23.0 Å². The molecule has 0 saturated carbocycles. The van der Waals surface area contributed by atoms with Crippen LogP contribution in [-0.2, 0) is 24.2 Å². The Kier molecular flexibility index (Phi) is 4.02. The normalized spacial score (nSPS) is 13.7. The van der Waals surface area contributed by atoms with Crippen molar-refractivity contribution in [2.75, 3.05) is 6.54 Å². The second-order valence-electron chi connectivity index (χ2n) is 6.37. The first-order valence-electron chi connectivity index (χ1n) is 8.59. The van der Waals surface area contributed by atoms with Gasteiger partial charge in [0.15, 0.2) is 0 Å². The first-order chi connectivity index (χ1) is 12.6. The fraction of sp³-hybridized carbons (Fsp3) is 0.389. The van der Waals surface area contributed by atoms with Crippen LogP contribution in [0.1, 0.15) is 36.4 Å². The lowest BCUT2D eigenvalue weighted by molar-refractivity contribution is -0.129. The van der Waals surface area contributed by atoms with Gasteiger partial charge in [-0.3, -0.25) is 9.78 Å². The second kappa shape index (κ2) is 6.36. The van der Waals surface area contributed by atoms with E-state index in [1.165, 1.54) is 0 Å². The average Bonchev–Trinajstić information content (AvgIpc) is 3.30. The third-order valence-electron chi connectivity index (χ3n) is 4.69. The number of rotatable bonds is 3. The monoisotopic (exact) mass is 353 g/mol. The van der Waals surface area contributed by atoms with Crippen molar-refractivity contribution in [3.8, 4) is 23.0 Å². The molecule has 8 nitrogen and oxygen atoms in total. The Bertz CT molecular complexity index is 975. The molecule has 4 heterocycles. The highest BCUT2D eigenvalue weighted by atomic mass is 16.5. The van der Waals surface area contributed by atoms with Gasteiger partial charge in [0.05, 0.1) is 5.69 Å². The zero-order valence-electron chi connectivity index (χ0n) is 14.9. The van der Waals surface area contributed by atoms with Crippen LogP contribution in [0, 0.1) is 6.92 Å². The van der Waals surface area contributed by atoms with E-state index in [1.54, 1.807) is 13.0 Å². The SMILES string of the molecule is CCc1cc(-c2nc(-c3c(C)ncc4c3CCN(C(C)=O)C4)no2)on1. The molecule has 0 fully saturated rings. The number of fused-ring (bicyclic) bond motifs is 1. The van der Waals surface area contributed by atoms with Gasteiger partial charge in [0.1, 0.15) is 0 Å². The lowest BCUT2D eigenvalue weighted by Gasteiger charge is -2.29. The van der Waals surface area contributed by atoms with Crippen LogP contribution in [0.2, 0.25) is 0 Å². The standard InChI is InChI=1S/C18H19N5O3/c1-4-13-7-15(25-21-13)18-20-17(22-26-18)16-10(2)19-8-12-9-23(11(3)24)6-5-14(12)16/h7-8H,4-6,9H2,1-3H3. The highest BCUT2D eigenvalue weighted by Gasteiger charge is 2.25. The molecule has 0 aromatic carbocycles. The number of aryl methyl sites for hydroxylation is 2. The first kappa shape index (κ1) is 16.4. The van der Waals surface area contributed by atoms with Crippen molar-refractivity contribution in [2.45, 2.75) is 40.2 Å². The summed E-state index contributed by atoms with van der Waals surface area (Å²) in [5.74, 6) is 1.30. The van der Waals surface area contributed by atoms with Crippen LogP contribution in [0.15, 0.2) is 21.3 Å². The quantitative estimate of drug-likeness (QED) is 0.713. The summed E-state index contributed by atoms with van der Waals surface area (Å²) in [6.45, 7) is 6.73. The summed E-state index contributed by atoms with van der Waals surface area (Å²) in [5, 5.41) is 8.08. The van der Waals surface area contributed by atoms with E-state index >= 15 is 0 Å². The van der Waals surface area contributed by atoms with Crippen LogP contribution in [0.3, 0.4) is 0 Å². The van der Waals surface area contributed by atoms with Gasteiger partial charge in [-0.05, 0) is 30.9 Å². The van der Waals surface area contributed by atoms with E-state index in [-0.39, 0.29) is 5.91 Å². The summed E-state index contributed by atoms with van der Waals surface area (Å²) in [4.78, 5) is 22.4. The van der Waals surface area contributed by atoms with Gasteiger partial charge < -0.3 is 13.9 Å². The molecular formula is C18H19N5O3. The maximum Gasteiger partial charge on any atom is 0.296 e. The molecule has 3 aromatic heterocycles. The summed E-state index contributed by atoms with van der Waals surface area (Å²) < 4.78 is 10.6. The molecule has 26 heavy (non-hydrogen) atoms. The highest BCUT2D eigenvalue weighted by molar-refractivity contribution is 5.74. The Balaban J connectivity index is 1.73. The fourth-order valence-corrected chi connectivity index (χ4v) is 3.22. The molecule has 0 atom stereocenters. The zero-order chi connectivity index (χ0) is 18.3. The van der Waals surface area contributed by atoms with Gasteiger partial charge in [0.2, 0.25) is 17.5 Å². The second-order valence-corrected chi connectivity index (χ2v) is 6.37. The minimum absolute atomic E-state index is 0.0664. The molecule has 0 aliphatic carbocycles. The molecule has 0 spiro atoms. The number of carbonyl (C=O) groups is 1. The summed E-state index contributed by atoms with van der Waals surface area (Å²) in [7, 11) is 0. The molecule has 1 aliphatic heterocycles. The number of amides is 1. The van der Waals surface area contributed by atoms with E-state index in [0.29, 0.717) is 30.6 Å². The van der Waals surface area contributed by atoms with Gasteiger partial charge >= 0.3 is 0 Å². The summed E-state index contributed by atoms with van der Waals surface area (Å²) in [6, 6.07) is 1.80. The highest BCUT2D eigenvalue weighted by Crippen LogP contribution is 2.32. The maximum absolute atomic E-state index is 11.7. The van der Waals surface area contributed by atoms with Crippen LogP contribution < -0.4 is 0 Å². The molecule has 0 saturated heterocycles. The maximum atomic E-state index is 11.7. The molecule has 8 heteroatoms. The number of pyridine rings is 1. The van der Waals surface area contributed by atoms with Crippen LogP contribution in [0.5, 0.6) is 0 Å². The van der Waals surface area contributed by atoms with Crippen molar-refractivity contribution in [1.29, 1.82) is 0 Å². The third-order valence-corrected chi connectivity index (χ3v) is 4.69. The summed E-state index contributed by atoms with van der Waals surface area (Å²) >= 11 is 0. The number of carbonyl (C=O) groups excluding carboxylic acids is 1. The van der Waals surface area contributed by atoms with Crippen LogP contribution >= 0.6 is 0 Å². The van der Waals surface area contributed by atoms with Crippen molar-refractivity contribution in [1.82, 2.24) is 25.2 Å². The number of hydrogen-bond acceptors (Lipinski definition) is 7. The van der Waals surface area contributed by atoms with E-state index in [9.17, 15) is 4.79 Å². The van der Waals surface area contributed by atoms with Crippen molar-refractivity contribution in [2.24, 2.45) is 0 Å². The van der Waals surface area contributed by atoms with Crippen molar-refractivity contribution in [3.63, 3.8) is 0 Å². The van der Waals surface area contributed by atoms with Crippen LogP contribution in [0.4, 0.5) is 0 Å². The van der Waals surface area contributed by atoms with Gasteiger partial charge in [-0.25, -0.2) is 0 Å². The molecule has 0 bridgehead atoms. The van der Waals surface area contributed by atoms with Gasteiger partial charge in [-0.1, -0.05) is 17.2 Å². The Morgan fingerprint density at radius 2 is 2.15 bits per heavy atom. The minimum atomic E-state index is 0.0664. The summed E-state index contributed by atoms with van der Waals surface area (Å²) in [6.07, 6.45) is 3.33. The average molecular weight is 353 g/mol. The predicted molar refractivity (Wildman–Crippen MR) is 91.9 cm³/mol. The predicted octanol–water partition coefficient (Wildman–Crippen LogP) is 2.56. The minimum Gasteiger partial charge on any atom is -0.351 e. The summed E-state index contributed by atoms with van der Waals surface area (Å²) in [5.41, 5.74) is 4.68. The van der Waals surface area contributed by atoms with Gasteiger partial charge in [-0.15, -0.1) is 0 Å². The number of hydrogen-bond donors (Lipinski definition) is 0. The van der Waals surface area contributed by atoms with Crippen molar-refractivity contribution < 1.29 is 13.8 Å². The fourth-order valence-electron chi connectivity index (χ4n) is 3.22. The smallest absolute Gasteiger partial charge is 0.296 e. The zero-order valence-corrected chi connectivity index (χ0v) is 14.9. The third kappa shape index (κ3) is 2.77. The van der Waals surface area contributed by atoms with E-state index in [4.69, 9.17) is 9.05 Å². The molecule has 134 valence electrons. The van der Waals surface area contributed by atoms with Gasteiger partial charge in [-0.2, -0.15) is 4.98 Å². The van der Waals surface area contributed by atoms with E-state index in [1.807, 2.05) is 24.9 Å². The topological polar surface area (TPSA) is 98.2 Å². The van der Waals surface area contributed by atoms with E-state index in [0.717, 1.165) is 40.9 Å². The van der Waals surface area contributed by atoms with Crippen molar-refractivity contribution in [3.05, 3.63) is 34.8 Å². The Labute approximate surface area is 150 Å². The van der Waals surface area contributed by atoms with Crippen LogP contribution in [-0.4, -0.2) is 37.6 Å². The van der Waals surface area contributed by atoms with Gasteiger partial charge in [0.25, 0.3) is 5.89 Å². The molecule has 0 N–H and O–H groups in total. The molecule has 1 amide bonds. The van der Waals surface area contributed by atoms with Gasteiger partial charge in [0, 0.05) is 43.5 Å². The molecule has 4 rings (SSSR count). The van der Waals surface area contributed by atoms with Crippen molar-refractivity contribution >= 4 is 5.91 Å². The number of nitrogens with zero attached hydrogens (tertiary/aromatic N) is 5. The number of aromatic nitrogens is 4. The first-order valence-corrected chi connectivity index (χ1v) is 8.59. The Morgan fingerprint density at radius 1 is 1.31 bits per heavy atom. The molecule has 0 unspecified atom stereocenters. The molecule has 0 radical (unpaired) electrons. The Morgan fingerprint density at radius 3 is 2.88 bits per heavy atom. The van der Waals surface area contributed by atoms with E-state index in [2.05, 4.69) is 20.3 Å². The largest absolute Gasteiger partial charge is 0.351 e. The Hall–Kier alpha value is -3.03. The molecule has 3 aromatic rings. The molecular weight excluding hydrogens is 334 g/mol. The lowest BCUT2D eigenvalue weighted by Crippen LogP contribution is -2.34. The lowest BCUT2D eigenvalue weighted by atomic mass is 9.94. The van der Waals surface area contributed by atoms with E-state index < -0.39 is 0 Å².